The molecule has 0 atom stereocenters. The molecular weight excluding hydrogens is 242 g/mol. The Morgan fingerprint density at radius 2 is 2.11 bits per heavy atom. The van der Waals surface area contributed by atoms with Gasteiger partial charge >= 0.3 is 11.7 Å². The Bertz CT molecular complexity index is 737. The maximum Gasteiger partial charge on any atom is 0.342 e. The van der Waals surface area contributed by atoms with Crippen LogP contribution in [0.15, 0.2) is 26.4 Å². The highest BCUT2D eigenvalue weighted by atomic mass is 16.5. The second kappa shape index (κ2) is 3.99. The van der Waals surface area contributed by atoms with Crippen LogP contribution in [-0.2, 0) is 7.05 Å². The molecule has 0 unspecified atom stereocenters. The van der Waals surface area contributed by atoms with Gasteiger partial charge in [-0.15, -0.1) is 0 Å². The van der Waals surface area contributed by atoms with Crippen molar-refractivity contribution in [2.24, 2.45) is 7.05 Å². The predicted octanol–water partition coefficient (Wildman–Crippen LogP) is -0.469. The molecule has 0 spiro atoms. The van der Waals surface area contributed by atoms with E-state index in [9.17, 15) is 14.4 Å². The van der Waals surface area contributed by atoms with Gasteiger partial charge in [0, 0.05) is 19.3 Å². The van der Waals surface area contributed by atoms with Gasteiger partial charge in [0.25, 0.3) is 5.56 Å². The zero-order valence-electron chi connectivity index (χ0n) is 9.58. The number of hydrogen-bond acceptors (Lipinski definition) is 5. The summed E-state index contributed by atoms with van der Waals surface area (Å²) in [6, 6.07) is 1.37. The molecule has 0 fully saturated rings. The Hall–Kier alpha value is -2.64. The molecule has 2 rings (SSSR count). The first-order valence-electron chi connectivity index (χ1n) is 4.91. The smallest absolute Gasteiger partial charge is 0.342 e. The number of nitrogens with zero attached hydrogens (tertiary/aromatic N) is 3. The molecule has 18 heavy (non-hydrogen) atoms. The number of aromatic carboxylic acids is 1. The summed E-state index contributed by atoms with van der Waals surface area (Å²) in [5, 5.41) is 12.4. The fraction of sp³-hybridized carbons (Fsp3) is 0.200. The van der Waals surface area contributed by atoms with E-state index in [4.69, 9.17) is 9.63 Å². The van der Waals surface area contributed by atoms with Gasteiger partial charge in [0.2, 0.25) is 0 Å². The van der Waals surface area contributed by atoms with E-state index in [2.05, 4.69) is 5.16 Å². The van der Waals surface area contributed by atoms with Crippen molar-refractivity contribution in [2.45, 2.75) is 6.92 Å². The van der Waals surface area contributed by atoms with Crippen LogP contribution in [-0.4, -0.2) is 25.4 Å². The van der Waals surface area contributed by atoms with Crippen LogP contribution in [0.2, 0.25) is 0 Å². The van der Waals surface area contributed by atoms with E-state index in [0.717, 1.165) is 10.8 Å². The summed E-state index contributed by atoms with van der Waals surface area (Å²) >= 11 is 0. The highest BCUT2D eigenvalue weighted by Gasteiger charge is 2.18. The Balaban J connectivity index is 2.86. The zero-order chi connectivity index (χ0) is 13.4. The van der Waals surface area contributed by atoms with Gasteiger partial charge < -0.3 is 14.2 Å². The highest BCUT2D eigenvalue weighted by Crippen LogP contribution is 2.03. The Labute approximate surface area is 99.7 Å². The van der Waals surface area contributed by atoms with Crippen molar-refractivity contribution in [1.29, 1.82) is 0 Å². The molecular formula is C10H9N3O5. The third-order valence-corrected chi connectivity index (χ3v) is 2.32. The van der Waals surface area contributed by atoms with Gasteiger partial charge in [-0.25, -0.2) is 14.2 Å². The third-order valence-electron chi connectivity index (χ3n) is 2.32. The molecule has 2 aromatic heterocycles. The Morgan fingerprint density at radius 3 is 2.61 bits per heavy atom. The minimum absolute atomic E-state index is 0.0406. The topological polar surface area (TPSA) is 107 Å². The second-order valence-corrected chi connectivity index (χ2v) is 3.68. The van der Waals surface area contributed by atoms with Crippen molar-refractivity contribution in [3.63, 3.8) is 0 Å². The van der Waals surface area contributed by atoms with Gasteiger partial charge in [-0.05, 0) is 6.92 Å². The molecule has 0 radical (unpaired) electrons. The van der Waals surface area contributed by atoms with Gasteiger partial charge in [-0.1, -0.05) is 5.16 Å². The lowest BCUT2D eigenvalue weighted by Crippen LogP contribution is -2.40. The van der Waals surface area contributed by atoms with Gasteiger partial charge in [0.1, 0.15) is 11.3 Å². The number of carboxylic acid groups (broad SMARTS) is 1. The lowest BCUT2D eigenvalue weighted by Gasteiger charge is -2.04. The van der Waals surface area contributed by atoms with Gasteiger partial charge in [-0.3, -0.25) is 4.79 Å². The molecule has 0 bridgehead atoms. The van der Waals surface area contributed by atoms with Gasteiger partial charge in [-0.2, -0.15) is 0 Å². The van der Waals surface area contributed by atoms with Crippen LogP contribution in [0.4, 0.5) is 0 Å². The van der Waals surface area contributed by atoms with Gasteiger partial charge in [0.15, 0.2) is 5.82 Å². The van der Waals surface area contributed by atoms with Crippen molar-refractivity contribution < 1.29 is 14.4 Å². The molecule has 2 heterocycles. The van der Waals surface area contributed by atoms with E-state index in [-0.39, 0.29) is 5.82 Å². The van der Waals surface area contributed by atoms with Crippen molar-refractivity contribution in [3.8, 4) is 5.82 Å². The molecule has 0 amide bonds. The SMILES string of the molecule is Cc1cc(-n2c(=O)c(C(=O)O)cn(C)c2=O)no1. The predicted molar refractivity (Wildman–Crippen MR) is 59.0 cm³/mol. The average molecular weight is 251 g/mol. The maximum absolute atomic E-state index is 11.9. The number of carbonyl (C=O) groups is 1. The van der Waals surface area contributed by atoms with E-state index in [1.165, 1.54) is 13.1 Å². The van der Waals surface area contributed by atoms with E-state index in [0.29, 0.717) is 10.3 Å². The summed E-state index contributed by atoms with van der Waals surface area (Å²) in [6.07, 6.45) is 0.969. The minimum atomic E-state index is -1.41. The van der Waals surface area contributed by atoms with Crippen LogP contribution < -0.4 is 11.2 Å². The molecule has 0 aliphatic heterocycles. The number of carboxylic acids is 1. The van der Waals surface area contributed by atoms with E-state index >= 15 is 0 Å². The van der Waals surface area contributed by atoms with E-state index < -0.39 is 22.8 Å². The zero-order valence-corrected chi connectivity index (χ0v) is 9.58. The molecule has 0 aliphatic rings. The quantitative estimate of drug-likeness (QED) is 0.773. The number of rotatable bonds is 2. The summed E-state index contributed by atoms with van der Waals surface area (Å²) in [4.78, 5) is 34.6. The minimum Gasteiger partial charge on any atom is -0.477 e. The van der Waals surface area contributed by atoms with Crippen molar-refractivity contribution in [3.05, 3.63) is 44.4 Å². The molecule has 0 saturated heterocycles. The lowest BCUT2D eigenvalue weighted by molar-refractivity contribution is 0.0693. The Kier molecular flexibility index (Phi) is 2.62. The van der Waals surface area contributed by atoms with Crippen LogP contribution in [0.5, 0.6) is 0 Å². The third kappa shape index (κ3) is 1.73. The number of aryl methyl sites for hydroxylation is 2. The highest BCUT2D eigenvalue weighted by molar-refractivity contribution is 5.86. The summed E-state index contributed by atoms with van der Waals surface area (Å²) in [7, 11) is 1.34. The maximum atomic E-state index is 11.9. The molecule has 0 saturated carbocycles. The van der Waals surface area contributed by atoms with Crippen LogP contribution in [0.25, 0.3) is 5.82 Å². The monoisotopic (exact) mass is 251 g/mol. The van der Waals surface area contributed by atoms with Crippen molar-refractivity contribution in [2.75, 3.05) is 0 Å². The van der Waals surface area contributed by atoms with E-state index in [1.807, 2.05) is 0 Å². The molecule has 1 N–H and O–H groups in total. The number of aromatic nitrogens is 3. The van der Waals surface area contributed by atoms with Crippen LogP contribution in [0, 0.1) is 6.92 Å². The average Bonchev–Trinajstić information content (AvgIpc) is 2.70. The molecule has 0 aromatic carbocycles. The van der Waals surface area contributed by atoms with Gasteiger partial charge in [0.05, 0.1) is 0 Å². The lowest BCUT2D eigenvalue weighted by atomic mass is 10.3. The molecule has 2 aromatic rings. The van der Waals surface area contributed by atoms with Crippen molar-refractivity contribution >= 4 is 5.97 Å². The summed E-state index contributed by atoms with van der Waals surface area (Å²) in [5.41, 5.74) is -2.16. The fourth-order valence-electron chi connectivity index (χ4n) is 1.48. The summed E-state index contributed by atoms with van der Waals surface area (Å²) < 4.78 is 6.41. The first-order chi connectivity index (χ1) is 8.41. The molecule has 0 aliphatic carbocycles. The number of hydrogen-bond donors (Lipinski definition) is 1. The molecule has 8 nitrogen and oxygen atoms in total. The Morgan fingerprint density at radius 1 is 1.44 bits per heavy atom. The first-order valence-corrected chi connectivity index (χ1v) is 4.91. The van der Waals surface area contributed by atoms with Crippen LogP contribution in [0.1, 0.15) is 16.1 Å². The normalized spacial score (nSPS) is 10.6. The fourth-order valence-corrected chi connectivity index (χ4v) is 1.48. The molecule has 8 heteroatoms. The standard InChI is InChI=1S/C10H9N3O5/c1-5-3-7(11-18-5)13-8(14)6(9(15)16)4-12(2)10(13)17/h3-4H,1-2H3,(H,15,16). The van der Waals surface area contributed by atoms with Crippen LogP contribution in [0.3, 0.4) is 0 Å². The molecule has 94 valence electrons. The second-order valence-electron chi connectivity index (χ2n) is 3.68. The van der Waals surface area contributed by atoms with E-state index in [1.54, 1.807) is 6.92 Å². The van der Waals surface area contributed by atoms with Crippen LogP contribution >= 0.6 is 0 Å². The van der Waals surface area contributed by atoms with Crippen molar-refractivity contribution in [1.82, 2.24) is 14.3 Å². The summed E-state index contributed by atoms with van der Waals surface area (Å²) in [6.45, 7) is 1.59. The largest absolute Gasteiger partial charge is 0.477 e. The summed E-state index contributed by atoms with van der Waals surface area (Å²) in [5.74, 6) is -1.05. The first kappa shape index (κ1) is 11.8.